The van der Waals surface area contributed by atoms with Crippen molar-refractivity contribution in [3.05, 3.63) is 35.1 Å². The molecule has 0 aliphatic carbocycles. The first-order valence-corrected chi connectivity index (χ1v) is 6.15. The van der Waals surface area contributed by atoms with Gasteiger partial charge in [0.15, 0.2) is 5.78 Å². The van der Waals surface area contributed by atoms with Crippen molar-refractivity contribution in [3.63, 3.8) is 0 Å². The van der Waals surface area contributed by atoms with Crippen molar-refractivity contribution >= 4 is 5.78 Å². The van der Waals surface area contributed by atoms with E-state index in [1.165, 1.54) is 0 Å². The second-order valence-corrected chi connectivity index (χ2v) is 4.71. The first kappa shape index (κ1) is 15.7. The standard InChI is InChI=1S/C14H16F4O/c1-3-4-9(2)7-13(19)11-8-10(14(16,17)18)5-6-12(11)15/h5-6,8-9H,3-4,7H2,1-2H3. The van der Waals surface area contributed by atoms with Gasteiger partial charge in [-0.05, 0) is 24.1 Å². The van der Waals surface area contributed by atoms with E-state index < -0.39 is 28.9 Å². The highest BCUT2D eigenvalue weighted by Gasteiger charge is 2.31. The highest BCUT2D eigenvalue weighted by atomic mass is 19.4. The van der Waals surface area contributed by atoms with Crippen LogP contribution in [0.5, 0.6) is 0 Å². The van der Waals surface area contributed by atoms with Crippen LogP contribution in [-0.4, -0.2) is 5.78 Å². The monoisotopic (exact) mass is 276 g/mol. The van der Waals surface area contributed by atoms with Gasteiger partial charge in [0.25, 0.3) is 0 Å². The molecule has 1 atom stereocenters. The molecule has 0 heterocycles. The zero-order chi connectivity index (χ0) is 14.6. The van der Waals surface area contributed by atoms with E-state index in [1.54, 1.807) is 0 Å². The molecule has 0 aromatic heterocycles. The number of carbonyl (C=O) groups excluding carboxylic acids is 1. The van der Waals surface area contributed by atoms with Gasteiger partial charge in [-0.1, -0.05) is 26.7 Å². The summed E-state index contributed by atoms with van der Waals surface area (Å²) in [5.41, 5.74) is -1.47. The largest absolute Gasteiger partial charge is 0.416 e. The molecule has 1 aromatic carbocycles. The van der Waals surface area contributed by atoms with Gasteiger partial charge in [-0.25, -0.2) is 4.39 Å². The molecule has 1 unspecified atom stereocenters. The van der Waals surface area contributed by atoms with Gasteiger partial charge in [-0.15, -0.1) is 0 Å². The minimum absolute atomic E-state index is 0.0337. The number of alkyl halides is 3. The van der Waals surface area contributed by atoms with Crippen molar-refractivity contribution in [2.45, 2.75) is 39.3 Å². The Morgan fingerprint density at radius 3 is 2.47 bits per heavy atom. The Kier molecular flexibility index (Phi) is 5.09. The van der Waals surface area contributed by atoms with Gasteiger partial charge in [-0.2, -0.15) is 13.2 Å². The average molecular weight is 276 g/mol. The third-order valence-electron chi connectivity index (χ3n) is 2.91. The summed E-state index contributed by atoms with van der Waals surface area (Å²) in [7, 11) is 0. The topological polar surface area (TPSA) is 17.1 Å². The van der Waals surface area contributed by atoms with Gasteiger partial charge >= 0.3 is 6.18 Å². The molecule has 1 aromatic rings. The normalized spacial score (nSPS) is 13.4. The Balaban J connectivity index is 2.96. The lowest BCUT2D eigenvalue weighted by molar-refractivity contribution is -0.137. The van der Waals surface area contributed by atoms with Crippen LogP contribution >= 0.6 is 0 Å². The molecular weight excluding hydrogens is 260 g/mol. The zero-order valence-electron chi connectivity index (χ0n) is 10.9. The van der Waals surface area contributed by atoms with Gasteiger partial charge in [0.1, 0.15) is 5.82 Å². The molecule has 1 nitrogen and oxygen atoms in total. The lowest BCUT2D eigenvalue weighted by Gasteiger charge is -2.11. The van der Waals surface area contributed by atoms with Gasteiger partial charge in [0.05, 0.1) is 11.1 Å². The number of rotatable bonds is 5. The second kappa shape index (κ2) is 6.17. The van der Waals surface area contributed by atoms with E-state index in [4.69, 9.17) is 0 Å². The molecule has 0 saturated heterocycles. The van der Waals surface area contributed by atoms with Crippen LogP contribution in [-0.2, 0) is 6.18 Å². The van der Waals surface area contributed by atoms with Crippen molar-refractivity contribution in [2.24, 2.45) is 5.92 Å². The van der Waals surface area contributed by atoms with E-state index in [1.807, 2.05) is 13.8 Å². The number of carbonyl (C=O) groups is 1. The van der Waals surface area contributed by atoms with E-state index in [0.717, 1.165) is 12.8 Å². The van der Waals surface area contributed by atoms with E-state index >= 15 is 0 Å². The number of benzene rings is 1. The molecule has 1 rings (SSSR count). The minimum atomic E-state index is -4.57. The predicted molar refractivity (Wildman–Crippen MR) is 64.4 cm³/mol. The molecule has 0 spiro atoms. The average Bonchev–Trinajstić information content (AvgIpc) is 2.27. The summed E-state index contributed by atoms with van der Waals surface area (Å²) >= 11 is 0. The fourth-order valence-electron chi connectivity index (χ4n) is 1.94. The Morgan fingerprint density at radius 2 is 1.95 bits per heavy atom. The maximum atomic E-state index is 13.5. The molecule has 0 aliphatic heterocycles. The smallest absolute Gasteiger partial charge is 0.294 e. The Morgan fingerprint density at radius 1 is 1.32 bits per heavy atom. The van der Waals surface area contributed by atoms with Crippen LogP contribution in [0, 0.1) is 11.7 Å². The number of ketones is 1. The van der Waals surface area contributed by atoms with E-state index in [-0.39, 0.29) is 12.3 Å². The van der Waals surface area contributed by atoms with Crippen molar-refractivity contribution in [1.29, 1.82) is 0 Å². The summed E-state index contributed by atoms with van der Waals surface area (Å²) < 4.78 is 51.0. The third kappa shape index (κ3) is 4.33. The molecule has 0 saturated carbocycles. The van der Waals surface area contributed by atoms with Crippen LogP contribution in [0.1, 0.15) is 49.0 Å². The predicted octanol–water partition coefficient (Wildman–Crippen LogP) is 4.85. The summed E-state index contributed by atoms with van der Waals surface area (Å²) in [4.78, 5) is 11.8. The SMILES string of the molecule is CCCC(C)CC(=O)c1cc(C(F)(F)F)ccc1F. The van der Waals surface area contributed by atoms with Crippen LogP contribution in [0.4, 0.5) is 17.6 Å². The van der Waals surface area contributed by atoms with Crippen LogP contribution in [0.2, 0.25) is 0 Å². The Bertz CT molecular complexity index is 451. The maximum absolute atomic E-state index is 13.5. The fraction of sp³-hybridized carbons (Fsp3) is 0.500. The quantitative estimate of drug-likeness (QED) is 0.554. The van der Waals surface area contributed by atoms with Crippen LogP contribution in [0.3, 0.4) is 0 Å². The summed E-state index contributed by atoms with van der Waals surface area (Å²) in [5.74, 6) is -1.45. The number of Topliss-reactive ketones (excluding diaryl/α,β-unsaturated/α-hetero) is 1. The fourth-order valence-corrected chi connectivity index (χ4v) is 1.94. The number of hydrogen-bond acceptors (Lipinski definition) is 1. The van der Waals surface area contributed by atoms with Crippen LogP contribution < -0.4 is 0 Å². The van der Waals surface area contributed by atoms with Crippen molar-refractivity contribution in [1.82, 2.24) is 0 Å². The number of hydrogen-bond donors (Lipinski definition) is 0. The highest BCUT2D eigenvalue weighted by Crippen LogP contribution is 2.31. The van der Waals surface area contributed by atoms with Gasteiger partial charge in [-0.3, -0.25) is 4.79 Å². The lowest BCUT2D eigenvalue weighted by atomic mass is 9.95. The molecule has 5 heteroatoms. The molecule has 106 valence electrons. The maximum Gasteiger partial charge on any atom is 0.416 e. The molecule has 0 N–H and O–H groups in total. The molecule has 0 aliphatic rings. The summed E-state index contributed by atoms with van der Waals surface area (Å²) in [6.07, 6.45) is -2.85. The van der Waals surface area contributed by atoms with Crippen LogP contribution in [0.15, 0.2) is 18.2 Å². The van der Waals surface area contributed by atoms with Gasteiger partial charge in [0.2, 0.25) is 0 Å². The lowest BCUT2D eigenvalue weighted by Crippen LogP contribution is -2.11. The molecule has 0 bridgehead atoms. The third-order valence-corrected chi connectivity index (χ3v) is 2.91. The minimum Gasteiger partial charge on any atom is -0.294 e. The molecule has 0 fully saturated rings. The van der Waals surface area contributed by atoms with Crippen LogP contribution in [0.25, 0.3) is 0 Å². The van der Waals surface area contributed by atoms with Gasteiger partial charge in [0, 0.05) is 6.42 Å². The Labute approximate surface area is 109 Å². The molecule has 19 heavy (non-hydrogen) atoms. The molecule has 0 radical (unpaired) electrons. The summed E-state index contributed by atoms with van der Waals surface area (Å²) in [6.45, 7) is 3.78. The van der Waals surface area contributed by atoms with E-state index in [2.05, 4.69) is 0 Å². The summed E-state index contributed by atoms with van der Waals surface area (Å²) in [6, 6.07) is 1.93. The van der Waals surface area contributed by atoms with E-state index in [9.17, 15) is 22.4 Å². The summed E-state index contributed by atoms with van der Waals surface area (Å²) in [5, 5.41) is 0. The Hall–Kier alpha value is -1.39. The van der Waals surface area contributed by atoms with Crippen molar-refractivity contribution in [2.75, 3.05) is 0 Å². The van der Waals surface area contributed by atoms with Gasteiger partial charge < -0.3 is 0 Å². The second-order valence-electron chi connectivity index (χ2n) is 4.71. The van der Waals surface area contributed by atoms with Crippen molar-refractivity contribution < 1.29 is 22.4 Å². The molecular formula is C14H16F4O. The van der Waals surface area contributed by atoms with E-state index in [0.29, 0.717) is 18.2 Å². The zero-order valence-corrected chi connectivity index (χ0v) is 10.9. The van der Waals surface area contributed by atoms with Crippen molar-refractivity contribution in [3.8, 4) is 0 Å². The highest BCUT2D eigenvalue weighted by molar-refractivity contribution is 5.96. The first-order chi connectivity index (χ1) is 8.75. The first-order valence-electron chi connectivity index (χ1n) is 6.15. The molecule has 0 amide bonds. The number of halogens is 4.